The molecule has 0 amide bonds. The lowest BCUT2D eigenvalue weighted by Gasteiger charge is -2.36. The molecule has 0 saturated carbocycles. The largest absolute Gasteiger partial charge is 0.356 e. The van der Waals surface area contributed by atoms with Gasteiger partial charge in [-0.3, -0.25) is 10.1 Å². The first-order chi connectivity index (χ1) is 9.13. The van der Waals surface area contributed by atoms with Crippen LogP contribution in [-0.4, -0.2) is 35.1 Å². The molecule has 2 aliphatic heterocycles. The molecule has 2 atom stereocenters. The van der Waals surface area contributed by atoms with Crippen molar-refractivity contribution in [1.82, 2.24) is 10.3 Å². The Morgan fingerprint density at radius 2 is 2.11 bits per heavy atom. The highest BCUT2D eigenvalue weighted by Crippen LogP contribution is 2.31. The van der Waals surface area contributed by atoms with Gasteiger partial charge in [0, 0.05) is 37.4 Å². The number of aromatic nitrogens is 1. The third-order valence-corrected chi connectivity index (χ3v) is 4.30. The first-order valence-electron chi connectivity index (χ1n) is 6.73. The third-order valence-electron chi connectivity index (χ3n) is 4.30. The van der Waals surface area contributed by atoms with Crippen LogP contribution in [0.5, 0.6) is 0 Å². The number of rotatable bonds is 3. The van der Waals surface area contributed by atoms with Crippen LogP contribution in [0, 0.1) is 10.1 Å². The van der Waals surface area contributed by atoms with E-state index >= 15 is 0 Å². The molecule has 6 heteroatoms. The molecule has 2 unspecified atom stereocenters. The molecule has 2 fully saturated rings. The number of piperidine rings is 1. The Hall–Kier alpha value is -1.69. The minimum Gasteiger partial charge on any atom is -0.356 e. The number of nitrogens with one attached hydrogen (secondary N) is 1. The van der Waals surface area contributed by atoms with Crippen molar-refractivity contribution >= 4 is 11.5 Å². The summed E-state index contributed by atoms with van der Waals surface area (Å²) in [6.45, 7) is 0. The molecule has 0 radical (unpaired) electrons. The smallest absolute Gasteiger partial charge is 0.274 e. The van der Waals surface area contributed by atoms with E-state index in [1.165, 1.54) is 25.1 Å². The summed E-state index contributed by atoms with van der Waals surface area (Å²) in [4.78, 5) is 16.8. The minimum atomic E-state index is -0.370. The van der Waals surface area contributed by atoms with Crippen LogP contribution in [0.25, 0.3) is 0 Å². The van der Waals surface area contributed by atoms with E-state index in [4.69, 9.17) is 0 Å². The van der Waals surface area contributed by atoms with Gasteiger partial charge in [-0.2, -0.15) is 0 Å². The lowest BCUT2D eigenvalue weighted by molar-refractivity contribution is -0.384. The maximum absolute atomic E-state index is 10.8. The fourth-order valence-electron chi connectivity index (χ4n) is 3.24. The lowest BCUT2D eigenvalue weighted by Crippen LogP contribution is -2.47. The summed E-state index contributed by atoms with van der Waals surface area (Å²) in [5, 5.41) is 14.4. The molecule has 102 valence electrons. The Morgan fingerprint density at radius 1 is 1.42 bits per heavy atom. The number of anilines is 1. The summed E-state index contributed by atoms with van der Waals surface area (Å²) < 4.78 is 0. The average Bonchev–Trinajstić information content (AvgIpc) is 2.76. The van der Waals surface area contributed by atoms with Gasteiger partial charge >= 0.3 is 0 Å². The van der Waals surface area contributed by atoms with Gasteiger partial charge in [0.05, 0.1) is 11.0 Å². The van der Waals surface area contributed by atoms with Gasteiger partial charge in [-0.15, -0.1) is 0 Å². The first-order valence-corrected chi connectivity index (χ1v) is 6.73. The van der Waals surface area contributed by atoms with Gasteiger partial charge in [-0.25, -0.2) is 4.98 Å². The Bertz CT molecular complexity index is 481. The maximum atomic E-state index is 10.8. The molecule has 0 aliphatic carbocycles. The predicted molar refractivity (Wildman–Crippen MR) is 72.3 cm³/mol. The molecule has 0 spiro atoms. The fourth-order valence-corrected chi connectivity index (χ4v) is 3.24. The van der Waals surface area contributed by atoms with E-state index in [0.29, 0.717) is 23.9 Å². The molecule has 3 heterocycles. The summed E-state index contributed by atoms with van der Waals surface area (Å²) in [5.74, 6) is 0.695. The van der Waals surface area contributed by atoms with Crippen LogP contribution in [0.2, 0.25) is 0 Å². The normalized spacial score (nSPS) is 29.2. The summed E-state index contributed by atoms with van der Waals surface area (Å²) in [6, 6.07) is 4.62. The second-order valence-electron chi connectivity index (χ2n) is 5.50. The molecular formula is C13H18N4O2. The van der Waals surface area contributed by atoms with E-state index in [-0.39, 0.29) is 10.6 Å². The Labute approximate surface area is 112 Å². The lowest BCUT2D eigenvalue weighted by atomic mass is 9.98. The number of nitro groups is 1. The molecule has 6 nitrogen and oxygen atoms in total. The molecule has 19 heavy (non-hydrogen) atoms. The van der Waals surface area contributed by atoms with Crippen LogP contribution in [-0.2, 0) is 0 Å². The molecule has 3 rings (SSSR count). The SMILES string of the molecule is CN(c1cc([N+](=O)[O-])ccn1)C1CC2CCC(C1)N2. The van der Waals surface area contributed by atoms with Crippen molar-refractivity contribution < 1.29 is 4.92 Å². The highest BCUT2D eigenvalue weighted by molar-refractivity contribution is 5.47. The summed E-state index contributed by atoms with van der Waals surface area (Å²) in [7, 11) is 1.99. The highest BCUT2D eigenvalue weighted by Gasteiger charge is 2.35. The summed E-state index contributed by atoms with van der Waals surface area (Å²) >= 11 is 0. The van der Waals surface area contributed by atoms with Gasteiger partial charge in [-0.1, -0.05) is 0 Å². The Balaban J connectivity index is 1.78. The van der Waals surface area contributed by atoms with Crippen LogP contribution in [0.3, 0.4) is 0 Å². The van der Waals surface area contributed by atoms with E-state index in [1.54, 1.807) is 6.07 Å². The zero-order valence-electron chi connectivity index (χ0n) is 11.0. The van der Waals surface area contributed by atoms with E-state index < -0.39 is 0 Å². The second kappa shape index (κ2) is 4.77. The van der Waals surface area contributed by atoms with Crippen molar-refractivity contribution in [3.05, 3.63) is 28.4 Å². The van der Waals surface area contributed by atoms with Crippen molar-refractivity contribution in [2.75, 3.05) is 11.9 Å². The molecule has 0 aromatic carbocycles. The first kappa shape index (κ1) is 12.3. The van der Waals surface area contributed by atoms with E-state index in [9.17, 15) is 10.1 Å². The van der Waals surface area contributed by atoms with Crippen molar-refractivity contribution in [1.29, 1.82) is 0 Å². The van der Waals surface area contributed by atoms with Gasteiger partial charge in [0.15, 0.2) is 0 Å². The number of hydrogen-bond acceptors (Lipinski definition) is 5. The van der Waals surface area contributed by atoms with Crippen LogP contribution >= 0.6 is 0 Å². The van der Waals surface area contributed by atoms with Crippen LogP contribution in [0.4, 0.5) is 11.5 Å². The van der Waals surface area contributed by atoms with Gasteiger partial charge < -0.3 is 10.2 Å². The molecule has 2 bridgehead atoms. The topological polar surface area (TPSA) is 71.3 Å². The predicted octanol–water partition coefficient (Wildman–Crippen LogP) is 1.71. The molecule has 1 N–H and O–H groups in total. The van der Waals surface area contributed by atoms with Gasteiger partial charge in [-0.05, 0) is 25.7 Å². The van der Waals surface area contributed by atoms with E-state index in [0.717, 1.165) is 12.8 Å². The standard InChI is InChI=1S/C13H18N4O2/c1-16(12-6-9-2-3-10(7-12)15-9)13-8-11(17(18)19)4-5-14-13/h4-5,8-10,12,15H,2-3,6-7H2,1H3. The quantitative estimate of drug-likeness (QED) is 0.663. The highest BCUT2D eigenvalue weighted by atomic mass is 16.6. The summed E-state index contributed by atoms with van der Waals surface area (Å²) in [5.41, 5.74) is 0.105. The van der Waals surface area contributed by atoms with E-state index in [2.05, 4.69) is 15.2 Å². The second-order valence-corrected chi connectivity index (χ2v) is 5.50. The average molecular weight is 262 g/mol. The van der Waals surface area contributed by atoms with Gasteiger partial charge in [0.1, 0.15) is 5.82 Å². The molecule has 1 aromatic rings. The Kier molecular flexibility index (Phi) is 3.10. The molecule has 2 saturated heterocycles. The van der Waals surface area contributed by atoms with Crippen molar-refractivity contribution in [2.45, 2.75) is 43.8 Å². The van der Waals surface area contributed by atoms with E-state index in [1.807, 2.05) is 7.05 Å². The van der Waals surface area contributed by atoms with Crippen molar-refractivity contribution in [3.8, 4) is 0 Å². The number of nitrogens with zero attached hydrogens (tertiary/aromatic N) is 3. The zero-order chi connectivity index (χ0) is 13.4. The molecule has 2 aliphatic rings. The summed E-state index contributed by atoms with van der Waals surface area (Å²) in [6.07, 6.45) is 6.20. The van der Waals surface area contributed by atoms with Crippen molar-refractivity contribution in [2.24, 2.45) is 0 Å². The molecular weight excluding hydrogens is 244 g/mol. The van der Waals surface area contributed by atoms with Crippen LogP contribution < -0.4 is 10.2 Å². The number of fused-ring (bicyclic) bond motifs is 2. The van der Waals surface area contributed by atoms with Gasteiger partial charge in [0.2, 0.25) is 0 Å². The number of pyridine rings is 1. The monoisotopic (exact) mass is 262 g/mol. The molecule has 1 aromatic heterocycles. The van der Waals surface area contributed by atoms with Crippen LogP contribution in [0.1, 0.15) is 25.7 Å². The number of hydrogen-bond donors (Lipinski definition) is 1. The van der Waals surface area contributed by atoms with Gasteiger partial charge in [0.25, 0.3) is 5.69 Å². The van der Waals surface area contributed by atoms with Crippen molar-refractivity contribution in [3.63, 3.8) is 0 Å². The fraction of sp³-hybridized carbons (Fsp3) is 0.615. The third kappa shape index (κ3) is 2.40. The maximum Gasteiger partial charge on any atom is 0.274 e. The Morgan fingerprint density at radius 3 is 2.74 bits per heavy atom. The van der Waals surface area contributed by atoms with Crippen LogP contribution in [0.15, 0.2) is 18.3 Å². The minimum absolute atomic E-state index is 0.105. The zero-order valence-corrected chi connectivity index (χ0v) is 11.0.